The highest BCUT2D eigenvalue weighted by Crippen LogP contribution is 2.25. The van der Waals surface area contributed by atoms with E-state index in [0.29, 0.717) is 57.5 Å². The predicted molar refractivity (Wildman–Crippen MR) is 145 cm³/mol. The molecular formula is C29H38N2O5+2. The Morgan fingerprint density at radius 1 is 0.639 bits per heavy atom. The average Bonchev–Trinajstić information content (AvgIpc) is 2.83. The zero-order valence-electron chi connectivity index (χ0n) is 22.3. The summed E-state index contributed by atoms with van der Waals surface area (Å²) in [6, 6.07) is 14.7. The summed E-state index contributed by atoms with van der Waals surface area (Å²) in [5, 5.41) is 0. The Labute approximate surface area is 214 Å². The second-order valence-electron chi connectivity index (χ2n) is 9.76. The van der Waals surface area contributed by atoms with Gasteiger partial charge < -0.3 is 9.47 Å². The van der Waals surface area contributed by atoms with Gasteiger partial charge in [-0.3, -0.25) is 13.8 Å². The lowest BCUT2D eigenvalue weighted by Crippen LogP contribution is -2.43. The van der Waals surface area contributed by atoms with Gasteiger partial charge in [0.2, 0.25) is 0 Å². The van der Waals surface area contributed by atoms with Gasteiger partial charge in [0.1, 0.15) is 24.5 Å². The Kier molecular flexibility index (Phi) is 9.50. The Balaban J connectivity index is 2.12. The maximum Gasteiger partial charge on any atom is 0.339 e. The van der Waals surface area contributed by atoms with Crippen molar-refractivity contribution < 1.29 is 23.9 Å². The van der Waals surface area contributed by atoms with Gasteiger partial charge in [-0.25, -0.2) is 9.59 Å². The predicted octanol–water partition coefficient (Wildman–Crippen LogP) is 4.29. The van der Waals surface area contributed by atoms with E-state index in [0.717, 1.165) is 11.4 Å². The summed E-state index contributed by atoms with van der Waals surface area (Å²) in [5.74, 6) is -0.882. The van der Waals surface area contributed by atoms with Crippen molar-refractivity contribution in [2.45, 2.75) is 13.8 Å². The summed E-state index contributed by atoms with van der Waals surface area (Å²) >= 11 is 0. The number of nitrogens with zero attached hydrogens (tertiary/aromatic N) is 2. The van der Waals surface area contributed by atoms with Gasteiger partial charge in [0.15, 0.2) is 5.78 Å². The first kappa shape index (κ1) is 28.7. The van der Waals surface area contributed by atoms with Crippen LogP contribution in [0.3, 0.4) is 0 Å². The van der Waals surface area contributed by atoms with Crippen molar-refractivity contribution in [2.24, 2.45) is 0 Å². The van der Waals surface area contributed by atoms with Crippen LogP contribution in [0.15, 0.2) is 72.8 Å². The SMILES string of the molecule is C=C(C[N+](C)(C)c1ccc(C(=O)c2ccc([N+](C)(C)CC(=C)C(=O)OCC)cc2)cc1)C(=O)OCC. The minimum absolute atomic E-state index is 0.0874. The van der Waals surface area contributed by atoms with Crippen molar-refractivity contribution in [3.8, 4) is 0 Å². The zero-order valence-corrected chi connectivity index (χ0v) is 22.3. The minimum atomic E-state index is -0.397. The third kappa shape index (κ3) is 7.23. The molecule has 0 aliphatic carbocycles. The third-order valence-corrected chi connectivity index (χ3v) is 5.96. The fourth-order valence-electron chi connectivity index (χ4n) is 3.93. The Morgan fingerprint density at radius 2 is 0.944 bits per heavy atom. The summed E-state index contributed by atoms with van der Waals surface area (Å²) in [7, 11) is 7.88. The van der Waals surface area contributed by atoms with Gasteiger partial charge in [-0.15, -0.1) is 0 Å². The smallest absolute Gasteiger partial charge is 0.339 e. The van der Waals surface area contributed by atoms with Gasteiger partial charge in [-0.05, 0) is 62.4 Å². The molecule has 0 unspecified atom stereocenters. The normalized spacial score (nSPS) is 11.5. The molecule has 0 aliphatic rings. The second-order valence-corrected chi connectivity index (χ2v) is 9.76. The van der Waals surface area contributed by atoms with Gasteiger partial charge >= 0.3 is 11.9 Å². The first-order valence-electron chi connectivity index (χ1n) is 11.9. The fourth-order valence-corrected chi connectivity index (χ4v) is 3.93. The molecule has 0 aliphatic heterocycles. The molecule has 0 bridgehead atoms. The highest BCUT2D eigenvalue weighted by Gasteiger charge is 2.26. The molecule has 7 heteroatoms. The number of quaternary nitrogens is 2. The van der Waals surface area contributed by atoms with Crippen LogP contribution in [-0.2, 0) is 19.1 Å². The van der Waals surface area contributed by atoms with Crippen LogP contribution in [0.1, 0.15) is 29.8 Å². The molecule has 2 aromatic carbocycles. The van der Waals surface area contributed by atoms with Gasteiger partial charge in [-0.1, -0.05) is 13.2 Å². The van der Waals surface area contributed by atoms with E-state index in [-0.39, 0.29) is 5.78 Å². The molecule has 0 amide bonds. The number of hydrogen-bond donors (Lipinski definition) is 0. The molecule has 0 fully saturated rings. The van der Waals surface area contributed by atoms with Gasteiger partial charge in [0, 0.05) is 11.1 Å². The molecule has 7 nitrogen and oxygen atoms in total. The van der Waals surface area contributed by atoms with Gasteiger partial charge in [-0.2, -0.15) is 0 Å². The molecule has 2 rings (SSSR count). The lowest BCUT2D eigenvalue weighted by atomic mass is 10.0. The standard InChI is InChI=1S/C29H38N2O5/c1-9-35-28(33)21(3)19-30(5,6)25-15-11-23(12-16-25)27(32)24-13-17-26(18-14-24)31(7,8)20-22(4)29(34)36-10-2/h11-18H,3-4,9-10,19-20H2,1-2,5-8H3/q+2. The number of hydrogen-bond acceptors (Lipinski definition) is 5. The van der Waals surface area contributed by atoms with E-state index in [1.165, 1.54) is 0 Å². The summed E-state index contributed by atoms with van der Waals surface area (Å²) < 4.78 is 10.9. The second kappa shape index (κ2) is 11.9. The number of carbonyl (C=O) groups excluding carboxylic acids is 3. The van der Waals surface area contributed by atoms with E-state index in [9.17, 15) is 14.4 Å². The molecule has 0 spiro atoms. The summed E-state index contributed by atoms with van der Waals surface area (Å²) in [6.45, 7) is 12.6. The molecule has 0 N–H and O–H groups in total. The Morgan fingerprint density at radius 3 is 1.22 bits per heavy atom. The summed E-state index contributed by atoms with van der Waals surface area (Å²) in [6.07, 6.45) is 0. The first-order valence-corrected chi connectivity index (χ1v) is 11.9. The molecule has 192 valence electrons. The number of ketones is 1. The molecule has 0 saturated carbocycles. The zero-order chi connectivity index (χ0) is 27.1. The molecule has 0 atom stereocenters. The molecule has 0 saturated heterocycles. The van der Waals surface area contributed by atoms with Crippen LogP contribution in [0.4, 0.5) is 11.4 Å². The maximum atomic E-state index is 13.1. The van der Waals surface area contributed by atoms with Crippen molar-refractivity contribution >= 4 is 29.1 Å². The van der Waals surface area contributed by atoms with Crippen molar-refractivity contribution in [2.75, 3.05) is 54.5 Å². The highest BCUT2D eigenvalue weighted by molar-refractivity contribution is 6.09. The van der Waals surface area contributed by atoms with Crippen LogP contribution < -0.4 is 8.97 Å². The third-order valence-electron chi connectivity index (χ3n) is 5.96. The number of rotatable bonds is 12. The first-order chi connectivity index (χ1) is 16.8. The summed E-state index contributed by atoms with van der Waals surface area (Å²) in [4.78, 5) is 37.0. The molecular weight excluding hydrogens is 456 g/mol. The van der Waals surface area contributed by atoms with Crippen LogP contribution in [0, 0.1) is 0 Å². The van der Waals surface area contributed by atoms with E-state index in [4.69, 9.17) is 9.47 Å². The lowest BCUT2D eigenvalue weighted by Gasteiger charge is -2.30. The van der Waals surface area contributed by atoms with Crippen molar-refractivity contribution in [3.63, 3.8) is 0 Å². The molecule has 0 heterocycles. The molecule has 36 heavy (non-hydrogen) atoms. The number of ether oxygens (including phenoxy) is 2. The van der Waals surface area contributed by atoms with E-state index < -0.39 is 11.9 Å². The van der Waals surface area contributed by atoms with Crippen LogP contribution >= 0.6 is 0 Å². The van der Waals surface area contributed by atoms with E-state index in [2.05, 4.69) is 13.2 Å². The van der Waals surface area contributed by atoms with E-state index in [1.54, 1.807) is 38.1 Å². The van der Waals surface area contributed by atoms with Crippen molar-refractivity contribution in [3.05, 3.63) is 84.0 Å². The Bertz CT molecular complexity index is 1040. The number of esters is 2. The Hall–Kier alpha value is -3.55. The van der Waals surface area contributed by atoms with E-state index >= 15 is 0 Å². The molecule has 2 aromatic rings. The molecule has 0 radical (unpaired) electrons. The monoisotopic (exact) mass is 494 g/mol. The van der Waals surface area contributed by atoms with Crippen molar-refractivity contribution in [1.82, 2.24) is 8.97 Å². The van der Waals surface area contributed by atoms with Gasteiger partial charge in [0.25, 0.3) is 0 Å². The number of benzene rings is 2. The largest absolute Gasteiger partial charge is 0.462 e. The average molecular weight is 495 g/mol. The van der Waals surface area contributed by atoms with E-state index in [1.807, 2.05) is 52.5 Å². The van der Waals surface area contributed by atoms with Crippen LogP contribution in [0.2, 0.25) is 0 Å². The number of likely N-dealkylation sites (N-methyl/N-ethyl adjacent to an activating group) is 2. The molecule has 0 aromatic heterocycles. The van der Waals surface area contributed by atoms with Crippen LogP contribution in [-0.4, -0.2) is 72.2 Å². The lowest BCUT2D eigenvalue weighted by molar-refractivity contribution is -0.139. The topological polar surface area (TPSA) is 69.7 Å². The number of carbonyl (C=O) groups is 3. The fraction of sp³-hybridized carbons (Fsp3) is 0.345. The van der Waals surface area contributed by atoms with Gasteiger partial charge in [0.05, 0.1) is 52.6 Å². The maximum absolute atomic E-state index is 13.1. The van der Waals surface area contributed by atoms with Crippen molar-refractivity contribution in [1.29, 1.82) is 0 Å². The van der Waals surface area contributed by atoms with Crippen LogP contribution in [0.25, 0.3) is 0 Å². The summed E-state index contributed by atoms with van der Waals surface area (Å²) in [5.41, 5.74) is 3.81. The minimum Gasteiger partial charge on any atom is -0.462 e. The highest BCUT2D eigenvalue weighted by atomic mass is 16.5. The quantitative estimate of drug-likeness (QED) is 0.191. The van der Waals surface area contributed by atoms with Crippen LogP contribution in [0.5, 0.6) is 0 Å².